The van der Waals surface area contributed by atoms with E-state index in [-0.39, 0.29) is 28.6 Å². The third kappa shape index (κ3) is 4.80. The van der Waals surface area contributed by atoms with Crippen LogP contribution in [-0.4, -0.2) is 25.8 Å². The lowest BCUT2D eigenvalue weighted by Crippen LogP contribution is -2.23. The van der Waals surface area contributed by atoms with Crippen molar-refractivity contribution in [1.82, 2.24) is 14.0 Å². The zero-order chi connectivity index (χ0) is 27.7. The molecule has 0 aliphatic heterocycles. The van der Waals surface area contributed by atoms with Crippen molar-refractivity contribution in [2.45, 2.75) is 19.9 Å². The van der Waals surface area contributed by atoms with Crippen molar-refractivity contribution in [1.29, 1.82) is 0 Å². The minimum Gasteiger partial charge on any atom is -0.323 e. The fourth-order valence-corrected chi connectivity index (χ4v) is 4.76. The lowest BCUT2D eigenvalue weighted by Gasteiger charge is -2.14. The molecular weight excluding hydrogens is 521 g/mol. The van der Waals surface area contributed by atoms with Crippen LogP contribution < -0.4 is 16.2 Å². The molecule has 0 fully saturated rings. The molecular formula is C29H23ClFN5O3. The number of rotatable bonds is 7. The molecule has 2 aromatic heterocycles. The first-order chi connectivity index (χ1) is 18.8. The van der Waals surface area contributed by atoms with Crippen LogP contribution >= 0.6 is 11.6 Å². The summed E-state index contributed by atoms with van der Waals surface area (Å²) in [5.41, 5.74) is 2.95. The molecule has 39 heavy (non-hydrogen) atoms. The average molecular weight is 544 g/mol. The minimum absolute atomic E-state index is 0.0695. The first kappa shape index (κ1) is 25.9. The predicted molar refractivity (Wildman–Crippen MR) is 151 cm³/mol. The maximum absolute atomic E-state index is 14.1. The molecule has 0 radical (unpaired) electrons. The number of anilines is 2. The monoisotopic (exact) mass is 543 g/mol. The average Bonchev–Trinajstić information content (AvgIpc) is 3.24. The number of nitrogens with one attached hydrogen (secondary N) is 2. The highest BCUT2D eigenvalue weighted by Crippen LogP contribution is 2.30. The summed E-state index contributed by atoms with van der Waals surface area (Å²) in [6, 6.07) is 17.9. The number of benzene rings is 3. The molecule has 0 aliphatic carbocycles. The van der Waals surface area contributed by atoms with E-state index in [2.05, 4.69) is 17.2 Å². The van der Waals surface area contributed by atoms with E-state index in [9.17, 15) is 18.8 Å². The van der Waals surface area contributed by atoms with Gasteiger partial charge in [0.25, 0.3) is 5.56 Å². The van der Waals surface area contributed by atoms with Crippen LogP contribution in [0.2, 0.25) is 5.02 Å². The molecule has 2 amide bonds. The number of carbonyl (C=O) groups excluding carboxylic acids is 2. The first-order valence-corrected chi connectivity index (χ1v) is 12.5. The van der Waals surface area contributed by atoms with Gasteiger partial charge in [-0.1, -0.05) is 55.4 Å². The molecule has 0 bridgehead atoms. The maximum Gasteiger partial charge on any atom is 0.267 e. The summed E-state index contributed by atoms with van der Waals surface area (Å²) in [6.45, 7) is 5.20. The smallest absolute Gasteiger partial charge is 0.267 e. The van der Waals surface area contributed by atoms with E-state index < -0.39 is 17.6 Å². The minimum atomic E-state index is -0.516. The van der Waals surface area contributed by atoms with E-state index in [4.69, 9.17) is 16.6 Å². The number of imidazole rings is 1. The van der Waals surface area contributed by atoms with Crippen LogP contribution in [0.15, 0.2) is 84.2 Å². The van der Waals surface area contributed by atoms with Crippen molar-refractivity contribution in [3.8, 4) is 11.1 Å². The first-order valence-electron chi connectivity index (χ1n) is 12.1. The SMILES string of the molecule is C=CC(=O)Nc1ccccc1-c1c(CC)nc2n(CC(=O)Nc3ccc(F)cc3Cl)c3ccccc3n2c1=O. The quantitative estimate of drug-likeness (QED) is 0.267. The molecule has 0 atom stereocenters. The Labute approximate surface area is 227 Å². The van der Waals surface area contributed by atoms with Gasteiger partial charge < -0.3 is 15.2 Å². The number of amides is 2. The summed E-state index contributed by atoms with van der Waals surface area (Å²) in [7, 11) is 0. The van der Waals surface area contributed by atoms with Gasteiger partial charge >= 0.3 is 0 Å². The van der Waals surface area contributed by atoms with Gasteiger partial charge in [0, 0.05) is 11.3 Å². The molecule has 5 rings (SSSR count). The Kier molecular flexibility index (Phi) is 7.00. The highest BCUT2D eigenvalue weighted by Gasteiger charge is 2.22. The number of aromatic nitrogens is 3. The molecule has 2 heterocycles. The number of carbonyl (C=O) groups is 2. The second-order valence-corrected chi connectivity index (χ2v) is 9.12. The van der Waals surface area contributed by atoms with E-state index in [1.807, 2.05) is 6.92 Å². The van der Waals surface area contributed by atoms with Gasteiger partial charge in [-0.3, -0.25) is 14.4 Å². The highest BCUT2D eigenvalue weighted by molar-refractivity contribution is 6.33. The molecule has 5 aromatic rings. The number of halogens is 2. The zero-order valence-corrected chi connectivity index (χ0v) is 21.6. The van der Waals surface area contributed by atoms with Gasteiger partial charge in [-0.2, -0.15) is 0 Å². The van der Waals surface area contributed by atoms with Crippen LogP contribution in [0.25, 0.3) is 27.9 Å². The van der Waals surface area contributed by atoms with Crippen LogP contribution in [0.5, 0.6) is 0 Å². The van der Waals surface area contributed by atoms with Crippen LogP contribution in [-0.2, 0) is 22.6 Å². The van der Waals surface area contributed by atoms with Gasteiger partial charge in [-0.25, -0.2) is 13.8 Å². The fraction of sp³-hybridized carbons (Fsp3) is 0.103. The van der Waals surface area contributed by atoms with Gasteiger partial charge in [0.2, 0.25) is 17.6 Å². The van der Waals surface area contributed by atoms with Crippen LogP contribution in [0, 0.1) is 5.82 Å². The lowest BCUT2D eigenvalue weighted by molar-refractivity contribution is -0.116. The Hall–Kier alpha value is -4.76. The topological polar surface area (TPSA) is 97.5 Å². The molecule has 0 aliphatic rings. The third-order valence-electron chi connectivity index (χ3n) is 6.28. The van der Waals surface area contributed by atoms with Crippen molar-refractivity contribution >= 4 is 51.6 Å². The molecule has 8 nitrogen and oxygen atoms in total. The van der Waals surface area contributed by atoms with Crippen molar-refractivity contribution in [3.63, 3.8) is 0 Å². The number of aryl methyl sites for hydroxylation is 1. The Morgan fingerprint density at radius 2 is 1.74 bits per heavy atom. The second-order valence-electron chi connectivity index (χ2n) is 8.71. The van der Waals surface area contributed by atoms with Crippen molar-refractivity contribution in [2.75, 3.05) is 10.6 Å². The summed E-state index contributed by atoms with van der Waals surface area (Å²) >= 11 is 6.08. The summed E-state index contributed by atoms with van der Waals surface area (Å²) in [6.07, 6.45) is 1.58. The number of nitrogens with zero attached hydrogens (tertiary/aromatic N) is 3. The van der Waals surface area contributed by atoms with Crippen LogP contribution in [0.3, 0.4) is 0 Å². The van der Waals surface area contributed by atoms with E-state index in [1.54, 1.807) is 53.1 Å². The Morgan fingerprint density at radius 3 is 2.46 bits per heavy atom. The summed E-state index contributed by atoms with van der Waals surface area (Å²) in [4.78, 5) is 44.1. The summed E-state index contributed by atoms with van der Waals surface area (Å²) in [5.74, 6) is -1.06. The molecule has 196 valence electrons. The van der Waals surface area contributed by atoms with Gasteiger partial charge in [-0.05, 0) is 48.9 Å². The Bertz CT molecular complexity index is 1840. The number of hydrogen-bond acceptors (Lipinski definition) is 4. The van der Waals surface area contributed by atoms with Gasteiger partial charge in [0.15, 0.2) is 0 Å². The maximum atomic E-state index is 14.1. The van der Waals surface area contributed by atoms with Gasteiger partial charge in [-0.15, -0.1) is 0 Å². The number of para-hydroxylation sites is 3. The van der Waals surface area contributed by atoms with Crippen molar-refractivity contribution in [2.24, 2.45) is 0 Å². The Balaban J connectivity index is 1.68. The molecule has 0 unspecified atom stereocenters. The van der Waals surface area contributed by atoms with Crippen molar-refractivity contribution in [3.05, 3.63) is 106 Å². The van der Waals surface area contributed by atoms with Gasteiger partial charge in [0.1, 0.15) is 12.4 Å². The number of hydrogen-bond donors (Lipinski definition) is 2. The predicted octanol–water partition coefficient (Wildman–Crippen LogP) is 5.43. The van der Waals surface area contributed by atoms with E-state index in [1.165, 1.54) is 16.5 Å². The molecule has 0 saturated heterocycles. The Morgan fingerprint density at radius 1 is 1.03 bits per heavy atom. The zero-order valence-electron chi connectivity index (χ0n) is 20.9. The van der Waals surface area contributed by atoms with Crippen LogP contribution in [0.1, 0.15) is 12.6 Å². The molecule has 10 heteroatoms. The third-order valence-corrected chi connectivity index (χ3v) is 6.59. The lowest BCUT2D eigenvalue weighted by atomic mass is 10.0. The summed E-state index contributed by atoms with van der Waals surface area (Å²) < 4.78 is 16.6. The van der Waals surface area contributed by atoms with Gasteiger partial charge in [0.05, 0.1) is 33.0 Å². The normalized spacial score (nSPS) is 11.1. The van der Waals surface area contributed by atoms with E-state index in [0.717, 1.165) is 12.1 Å². The van der Waals surface area contributed by atoms with E-state index >= 15 is 0 Å². The summed E-state index contributed by atoms with van der Waals surface area (Å²) in [5, 5.41) is 5.52. The standard InChI is InChI=1S/C29H23ClFN5O3/c1-3-20-27(18-9-5-6-10-21(18)32-25(37)4-2)28(39)36-24-12-8-7-11-23(24)35(29(36)34-20)16-26(38)33-22-14-13-17(31)15-19(22)30/h4-15H,2-3,16H2,1H3,(H,32,37)(H,33,38). The largest absolute Gasteiger partial charge is 0.323 e. The molecule has 3 aromatic carbocycles. The highest BCUT2D eigenvalue weighted by atomic mass is 35.5. The fourth-order valence-electron chi connectivity index (χ4n) is 4.54. The van der Waals surface area contributed by atoms with Crippen molar-refractivity contribution < 1.29 is 14.0 Å². The molecule has 0 saturated carbocycles. The van der Waals surface area contributed by atoms with E-state index in [0.29, 0.717) is 40.0 Å². The van der Waals surface area contributed by atoms with Crippen LogP contribution in [0.4, 0.5) is 15.8 Å². The molecule has 0 spiro atoms. The second kappa shape index (κ2) is 10.5. The molecule has 2 N–H and O–H groups in total. The number of fused-ring (bicyclic) bond motifs is 3.